The van der Waals surface area contributed by atoms with Gasteiger partial charge in [0.2, 0.25) is 0 Å². The van der Waals surface area contributed by atoms with Gasteiger partial charge in [-0.3, -0.25) is 14.4 Å². The molecule has 83 heavy (non-hydrogen) atoms. The lowest BCUT2D eigenvalue weighted by atomic mass is 10.1. The fraction of sp³-hybridized carbons (Fsp3) is 0.597. The van der Waals surface area contributed by atoms with E-state index in [4.69, 9.17) is 14.2 Å². The van der Waals surface area contributed by atoms with E-state index in [2.05, 4.69) is 191 Å². The third-order valence-electron chi connectivity index (χ3n) is 13.7. The average molecular weight is 1140 g/mol. The second kappa shape index (κ2) is 69.3. The molecule has 6 heteroatoms. The van der Waals surface area contributed by atoms with Crippen LogP contribution >= 0.6 is 0 Å². The van der Waals surface area contributed by atoms with E-state index < -0.39 is 6.10 Å². The molecule has 0 fully saturated rings. The molecule has 0 aliphatic rings. The minimum Gasteiger partial charge on any atom is -0.462 e. The van der Waals surface area contributed by atoms with E-state index in [0.29, 0.717) is 25.7 Å². The molecule has 0 rings (SSSR count). The van der Waals surface area contributed by atoms with Crippen LogP contribution in [-0.4, -0.2) is 37.2 Å². The number of hydrogen-bond acceptors (Lipinski definition) is 6. The van der Waals surface area contributed by atoms with E-state index >= 15 is 0 Å². The zero-order valence-electron chi connectivity index (χ0n) is 53.4. The normalized spacial score (nSPS) is 13.2. The smallest absolute Gasteiger partial charge is 0.306 e. The molecule has 6 nitrogen and oxygen atoms in total. The Morgan fingerprint density at radius 2 is 0.470 bits per heavy atom. The van der Waals surface area contributed by atoms with Gasteiger partial charge in [-0.1, -0.05) is 274 Å². The predicted molar refractivity (Wildman–Crippen MR) is 361 cm³/mol. The predicted octanol–water partition coefficient (Wildman–Crippen LogP) is 23.4. The third-order valence-corrected chi connectivity index (χ3v) is 13.7. The number of rotatable bonds is 59. The molecule has 1 atom stereocenters. The zero-order valence-corrected chi connectivity index (χ0v) is 53.4. The Morgan fingerprint density at radius 1 is 0.253 bits per heavy atom. The van der Waals surface area contributed by atoms with Crippen LogP contribution in [0.5, 0.6) is 0 Å². The zero-order chi connectivity index (χ0) is 59.9. The van der Waals surface area contributed by atoms with Crippen LogP contribution in [0.3, 0.4) is 0 Å². The van der Waals surface area contributed by atoms with Crippen molar-refractivity contribution in [3.8, 4) is 0 Å². The van der Waals surface area contributed by atoms with Crippen LogP contribution in [0.1, 0.15) is 278 Å². The fourth-order valence-corrected chi connectivity index (χ4v) is 8.71. The summed E-state index contributed by atoms with van der Waals surface area (Å²) in [7, 11) is 0. The number of allylic oxidation sites excluding steroid dienone is 28. The van der Waals surface area contributed by atoms with Gasteiger partial charge >= 0.3 is 17.9 Å². The Hall–Kier alpha value is -5.23. The molecule has 0 spiro atoms. The Balaban J connectivity index is 4.46. The minimum absolute atomic E-state index is 0.106. The number of unbranched alkanes of at least 4 members (excludes halogenated alkanes) is 20. The molecule has 0 N–H and O–H groups in total. The highest BCUT2D eigenvalue weighted by atomic mass is 16.6. The van der Waals surface area contributed by atoms with E-state index in [1.165, 1.54) is 77.0 Å². The van der Waals surface area contributed by atoms with Crippen LogP contribution in [-0.2, 0) is 28.6 Å². The lowest BCUT2D eigenvalue weighted by Crippen LogP contribution is -2.30. The van der Waals surface area contributed by atoms with Crippen molar-refractivity contribution in [1.29, 1.82) is 0 Å². The van der Waals surface area contributed by atoms with Gasteiger partial charge < -0.3 is 14.2 Å². The topological polar surface area (TPSA) is 78.9 Å². The summed E-state index contributed by atoms with van der Waals surface area (Å²) < 4.78 is 16.9. The van der Waals surface area contributed by atoms with Crippen LogP contribution in [0.2, 0.25) is 0 Å². The number of carbonyl (C=O) groups excluding carboxylic acids is 3. The summed E-state index contributed by atoms with van der Waals surface area (Å²) >= 11 is 0. The van der Waals surface area contributed by atoms with Crippen molar-refractivity contribution in [2.45, 2.75) is 284 Å². The second-order valence-corrected chi connectivity index (χ2v) is 21.6. The fourth-order valence-electron chi connectivity index (χ4n) is 8.71. The SMILES string of the molecule is CC/C=C\C/C=C\C/C=C\C/C=C\C/C=C\C/C=C\C/C=C\C/C=C\CCCCC(=O)OCC(COC(=O)CCCCCCC/C=C\CCCCCC)OC(=O)CCCCCCCCCCC/C=C\C/C=C\C/C=C\C/C=C\C/C=C\CC. The highest BCUT2D eigenvalue weighted by Crippen LogP contribution is 2.15. The van der Waals surface area contributed by atoms with Crippen molar-refractivity contribution in [3.05, 3.63) is 170 Å². The molecule has 0 radical (unpaired) electrons. The maximum Gasteiger partial charge on any atom is 0.306 e. The van der Waals surface area contributed by atoms with E-state index in [9.17, 15) is 14.4 Å². The van der Waals surface area contributed by atoms with Gasteiger partial charge in [-0.15, -0.1) is 0 Å². The molecule has 0 aromatic carbocycles. The van der Waals surface area contributed by atoms with Crippen LogP contribution in [0.15, 0.2) is 170 Å². The molecule has 1 unspecified atom stereocenters. The summed E-state index contributed by atoms with van der Waals surface area (Å²) in [6.45, 7) is 6.35. The first kappa shape index (κ1) is 77.8. The standard InChI is InChI=1S/C77H122O6/c1-4-7-10-13-16-19-22-25-27-29-31-33-35-37-38-40-41-43-45-47-49-52-55-58-61-64-67-70-76(79)82-73-74(72-81-75(78)69-66-63-60-57-54-51-24-21-18-15-12-9-6-3)83-77(80)71-68-65-62-59-56-53-50-48-46-44-42-39-36-34-32-30-28-26-23-20-17-14-11-8-5-2/h7-8,10-11,16-17,19-21,24-28,31-34,37-39,41-43,47,49,55,58,74H,4-6,9,12-15,18,22-23,29-30,35-36,40,44-46,48,50-54,56-57,59-73H2,1-3H3/b10-7-,11-8-,19-16-,20-17-,24-21-,27-25-,28-26-,33-31-,34-32-,38-37-,42-39-,43-41-,49-47-,58-55-. The largest absolute Gasteiger partial charge is 0.462 e. The van der Waals surface area contributed by atoms with Crippen molar-refractivity contribution in [1.82, 2.24) is 0 Å². The molecular weight excluding hydrogens is 1020 g/mol. The molecule has 0 aliphatic heterocycles. The van der Waals surface area contributed by atoms with Crippen molar-refractivity contribution in [2.75, 3.05) is 13.2 Å². The molecule has 0 aliphatic carbocycles. The Labute approximate surface area is 511 Å². The van der Waals surface area contributed by atoms with Crippen LogP contribution in [0, 0.1) is 0 Å². The van der Waals surface area contributed by atoms with E-state index in [1.54, 1.807) is 0 Å². The third kappa shape index (κ3) is 67.4. The minimum atomic E-state index is -0.813. The Kier molecular flexibility index (Phi) is 64.9. The highest BCUT2D eigenvalue weighted by molar-refractivity contribution is 5.71. The quantitative estimate of drug-likeness (QED) is 0.0261. The lowest BCUT2D eigenvalue weighted by Gasteiger charge is -2.18. The van der Waals surface area contributed by atoms with Crippen LogP contribution < -0.4 is 0 Å². The summed E-state index contributed by atoms with van der Waals surface area (Å²) in [6, 6.07) is 0. The van der Waals surface area contributed by atoms with Gasteiger partial charge in [-0.2, -0.15) is 0 Å². The second-order valence-electron chi connectivity index (χ2n) is 21.6. The van der Waals surface area contributed by atoms with Crippen molar-refractivity contribution < 1.29 is 28.6 Å². The van der Waals surface area contributed by atoms with Crippen LogP contribution in [0.4, 0.5) is 0 Å². The van der Waals surface area contributed by atoms with Crippen molar-refractivity contribution in [3.63, 3.8) is 0 Å². The molecule has 0 aromatic heterocycles. The summed E-state index contributed by atoms with van der Waals surface area (Å²) in [4.78, 5) is 38.4. The van der Waals surface area contributed by atoms with E-state index in [1.807, 2.05) is 0 Å². The lowest BCUT2D eigenvalue weighted by molar-refractivity contribution is -0.167. The summed E-state index contributed by atoms with van der Waals surface area (Å²) in [6.07, 6.45) is 102. The van der Waals surface area contributed by atoms with Gasteiger partial charge in [0.15, 0.2) is 6.10 Å². The Bertz CT molecular complexity index is 1890. The number of ether oxygens (including phenoxy) is 3. The summed E-state index contributed by atoms with van der Waals surface area (Å²) in [5.74, 6) is -0.968. The maximum absolute atomic E-state index is 12.9. The first-order valence-electron chi connectivity index (χ1n) is 33.6. The van der Waals surface area contributed by atoms with E-state index in [0.717, 1.165) is 154 Å². The molecular formula is C77H122O6. The van der Waals surface area contributed by atoms with Gasteiger partial charge in [0.05, 0.1) is 0 Å². The van der Waals surface area contributed by atoms with Crippen molar-refractivity contribution >= 4 is 17.9 Å². The van der Waals surface area contributed by atoms with Crippen LogP contribution in [0.25, 0.3) is 0 Å². The molecule has 0 saturated carbocycles. The summed E-state index contributed by atoms with van der Waals surface area (Å²) in [5, 5.41) is 0. The first-order valence-corrected chi connectivity index (χ1v) is 33.6. The molecule has 0 heterocycles. The monoisotopic (exact) mass is 1140 g/mol. The number of hydrogen-bond donors (Lipinski definition) is 0. The molecule has 0 amide bonds. The molecule has 466 valence electrons. The van der Waals surface area contributed by atoms with E-state index in [-0.39, 0.29) is 31.1 Å². The van der Waals surface area contributed by atoms with Gasteiger partial charge in [0, 0.05) is 19.3 Å². The average Bonchev–Trinajstić information content (AvgIpc) is 3.49. The van der Waals surface area contributed by atoms with Gasteiger partial charge in [0.25, 0.3) is 0 Å². The summed E-state index contributed by atoms with van der Waals surface area (Å²) in [5.41, 5.74) is 0. The molecule has 0 aromatic rings. The molecule has 0 bridgehead atoms. The van der Waals surface area contributed by atoms with Gasteiger partial charge in [0.1, 0.15) is 13.2 Å². The number of esters is 3. The first-order chi connectivity index (χ1) is 41.0. The maximum atomic E-state index is 12.9. The number of carbonyl (C=O) groups is 3. The van der Waals surface area contributed by atoms with Gasteiger partial charge in [-0.25, -0.2) is 0 Å². The van der Waals surface area contributed by atoms with Gasteiger partial charge in [-0.05, 0) is 154 Å². The van der Waals surface area contributed by atoms with Crippen molar-refractivity contribution in [2.24, 2.45) is 0 Å². The highest BCUT2D eigenvalue weighted by Gasteiger charge is 2.19. The Morgan fingerprint density at radius 3 is 0.771 bits per heavy atom. The molecule has 0 saturated heterocycles.